The number of thiazole rings is 1. The highest BCUT2D eigenvalue weighted by Crippen LogP contribution is 2.37. The molecule has 0 aliphatic rings. The van der Waals surface area contributed by atoms with Gasteiger partial charge in [-0.15, -0.1) is 11.3 Å². The smallest absolute Gasteiger partial charge is 0.360 e. The first-order valence-corrected chi connectivity index (χ1v) is 10.3. The monoisotopic (exact) mass is 455 g/mol. The first-order valence-electron chi connectivity index (χ1n) is 9.04. The summed E-state index contributed by atoms with van der Waals surface area (Å²) < 4.78 is 39.8. The van der Waals surface area contributed by atoms with Gasteiger partial charge in [0.05, 0.1) is 16.9 Å². The van der Waals surface area contributed by atoms with Gasteiger partial charge in [0, 0.05) is 22.2 Å². The molecule has 0 unspecified atom stereocenters. The molecule has 0 fully saturated rings. The zero-order valence-electron chi connectivity index (χ0n) is 15.7. The van der Waals surface area contributed by atoms with Gasteiger partial charge in [-0.3, -0.25) is 0 Å². The molecule has 0 amide bonds. The third kappa shape index (κ3) is 4.41. The molecule has 154 valence electrons. The molecular weight excluding hydrogens is 443 g/mol. The lowest BCUT2D eigenvalue weighted by molar-refractivity contribution is -0.136. The van der Waals surface area contributed by atoms with Gasteiger partial charge in [0.2, 0.25) is 0 Å². The van der Waals surface area contributed by atoms with Crippen LogP contribution in [-0.2, 0) is 6.18 Å². The number of aromatic nitrogens is 1. The Balaban J connectivity index is 1.67. The van der Waals surface area contributed by atoms with E-state index in [0.29, 0.717) is 10.7 Å². The van der Waals surface area contributed by atoms with Crippen LogP contribution in [0.4, 0.5) is 18.9 Å². The third-order valence-electron chi connectivity index (χ3n) is 4.58. The van der Waals surface area contributed by atoms with Crippen LogP contribution in [0.3, 0.4) is 0 Å². The van der Waals surface area contributed by atoms with Crippen molar-refractivity contribution in [3.63, 3.8) is 0 Å². The molecule has 3 nitrogen and oxygen atoms in total. The first-order chi connectivity index (χ1) is 14.9. The quantitative estimate of drug-likeness (QED) is 0.322. The van der Waals surface area contributed by atoms with E-state index in [1.54, 1.807) is 0 Å². The van der Waals surface area contributed by atoms with E-state index in [1.165, 1.54) is 29.7 Å². The zero-order valence-corrected chi connectivity index (χ0v) is 17.3. The number of alkyl halides is 3. The van der Waals surface area contributed by atoms with Crippen molar-refractivity contribution >= 4 is 45.0 Å². The second-order valence-corrected chi connectivity index (χ2v) is 7.86. The van der Waals surface area contributed by atoms with Crippen LogP contribution in [0, 0.1) is 11.3 Å². The van der Waals surface area contributed by atoms with Gasteiger partial charge >= 0.3 is 6.18 Å². The topological polar surface area (TPSA) is 48.7 Å². The van der Waals surface area contributed by atoms with Crippen LogP contribution in [-0.4, -0.2) is 4.98 Å². The molecule has 4 aromatic rings. The van der Waals surface area contributed by atoms with E-state index in [9.17, 15) is 18.4 Å². The number of anilines is 1. The molecule has 0 aliphatic carbocycles. The molecule has 4 rings (SSSR count). The molecule has 3 aromatic carbocycles. The highest BCUT2D eigenvalue weighted by Gasteiger charge is 2.33. The summed E-state index contributed by atoms with van der Waals surface area (Å²) in [5.74, 6) is 0. The molecule has 0 atom stereocenters. The fourth-order valence-electron chi connectivity index (χ4n) is 3.14. The molecule has 8 heteroatoms. The molecule has 0 spiro atoms. The van der Waals surface area contributed by atoms with E-state index in [2.05, 4.69) is 10.3 Å². The lowest BCUT2D eigenvalue weighted by atomic mass is 10.0. The molecule has 31 heavy (non-hydrogen) atoms. The van der Waals surface area contributed by atoms with E-state index in [4.69, 9.17) is 11.6 Å². The summed E-state index contributed by atoms with van der Waals surface area (Å²) >= 11 is 6.96. The first kappa shape index (κ1) is 20.9. The summed E-state index contributed by atoms with van der Waals surface area (Å²) in [6.07, 6.45) is -3.36. The summed E-state index contributed by atoms with van der Waals surface area (Å²) in [6.45, 7) is 0. The van der Waals surface area contributed by atoms with Gasteiger partial charge in [-0.05, 0) is 29.0 Å². The summed E-state index contributed by atoms with van der Waals surface area (Å²) in [7, 11) is 0. The molecule has 0 aliphatic heterocycles. The minimum Gasteiger partial charge on any atom is -0.360 e. The van der Waals surface area contributed by atoms with Crippen molar-refractivity contribution < 1.29 is 13.2 Å². The maximum absolute atomic E-state index is 13.3. The van der Waals surface area contributed by atoms with Gasteiger partial charge < -0.3 is 5.32 Å². The normalized spacial score (nSPS) is 12.0. The fourth-order valence-corrected chi connectivity index (χ4v) is 4.10. The number of rotatable bonds is 4. The number of nitrogens with zero attached hydrogens (tertiary/aromatic N) is 2. The Bertz CT molecular complexity index is 1330. The SMILES string of the molecule is N#CC(=CNc1ccc(Cl)cc1C(F)(F)F)c1nc(-c2cccc3ccccc23)cs1. The van der Waals surface area contributed by atoms with Crippen molar-refractivity contribution in [2.24, 2.45) is 0 Å². The summed E-state index contributed by atoms with van der Waals surface area (Å²) in [5.41, 5.74) is 0.627. The zero-order chi connectivity index (χ0) is 22.0. The number of halogens is 4. The van der Waals surface area contributed by atoms with Crippen LogP contribution in [0.25, 0.3) is 27.6 Å². The molecule has 1 N–H and O–H groups in total. The minimum atomic E-state index is -4.59. The van der Waals surface area contributed by atoms with Crippen molar-refractivity contribution in [1.82, 2.24) is 4.98 Å². The second-order valence-electron chi connectivity index (χ2n) is 6.57. The van der Waals surface area contributed by atoms with Crippen LogP contribution in [0.5, 0.6) is 0 Å². The van der Waals surface area contributed by atoms with Crippen LogP contribution in [0.1, 0.15) is 10.6 Å². The average Bonchev–Trinajstić information content (AvgIpc) is 3.24. The Kier molecular flexibility index (Phi) is 5.68. The number of nitrogens with one attached hydrogen (secondary N) is 1. The van der Waals surface area contributed by atoms with Gasteiger partial charge in [-0.25, -0.2) is 4.98 Å². The van der Waals surface area contributed by atoms with Gasteiger partial charge in [0.15, 0.2) is 0 Å². The highest BCUT2D eigenvalue weighted by molar-refractivity contribution is 7.11. The maximum Gasteiger partial charge on any atom is 0.418 e. The standard InChI is InChI=1S/C23H13ClF3N3S/c24-16-8-9-20(19(10-16)23(25,26)27)29-12-15(11-28)22-30-21(13-31-22)18-7-3-5-14-4-1-2-6-17(14)18/h1-10,12-13,29H. The van der Waals surface area contributed by atoms with Crippen LogP contribution in [0.2, 0.25) is 5.02 Å². The number of hydrogen-bond donors (Lipinski definition) is 1. The molecule has 0 saturated heterocycles. The summed E-state index contributed by atoms with van der Waals surface area (Å²) in [5, 5.41) is 16.4. The minimum absolute atomic E-state index is 0.0259. The fraction of sp³-hybridized carbons (Fsp3) is 0.0435. The molecule has 1 heterocycles. The Morgan fingerprint density at radius 1 is 1.10 bits per heavy atom. The van der Waals surface area contributed by atoms with E-state index < -0.39 is 11.7 Å². The van der Waals surface area contributed by atoms with E-state index in [-0.39, 0.29) is 16.3 Å². The maximum atomic E-state index is 13.3. The van der Waals surface area contributed by atoms with Crippen molar-refractivity contribution in [3.8, 4) is 17.3 Å². The van der Waals surface area contributed by atoms with E-state index in [1.807, 2.05) is 53.9 Å². The van der Waals surface area contributed by atoms with Gasteiger partial charge in [0.25, 0.3) is 0 Å². The number of nitriles is 1. The van der Waals surface area contributed by atoms with Crippen LogP contribution >= 0.6 is 22.9 Å². The van der Waals surface area contributed by atoms with Crippen molar-refractivity contribution in [2.75, 3.05) is 5.32 Å². The van der Waals surface area contributed by atoms with Gasteiger partial charge in [0.1, 0.15) is 16.6 Å². The Morgan fingerprint density at radius 2 is 1.87 bits per heavy atom. The van der Waals surface area contributed by atoms with Gasteiger partial charge in [-0.2, -0.15) is 18.4 Å². The van der Waals surface area contributed by atoms with Crippen LogP contribution < -0.4 is 5.32 Å². The third-order valence-corrected chi connectivity index (χ3v) is 5.69. The number of benzene rings is 3. The van der Waals surface area contributed by atoms with Crippen LogP contribution in [0.15, 0.2) is 72.2 Å². The predicted octanol–water partition coefficient (Wildman–Crippen LogP) is 7.61. The molecular formula is C23H13ClF3N3S. The van der Waals surface area contributed by atoms with Crippen molar-refractivity contribution in [2.45, 2.75) is 6.18 Å². The second kappa shape index (κ2) is 8.42. The summed E-state index contributed by atoms with van der Waals surface area (Å²) in [6, 6.07) is 19.2. The predicted molar refractivity (Wildman–Crippen MR) is 119 cm³/mol. The molecule has 1 aromatic heterocycles. The number of fused-ring (bicyclic) bond motifs is 1. The van der Waals surface area contributed by atoms with E-state index in [0.717, 1.165) is 22.4 Å². The Morgan fingerprint density at radius 3 is 2.65 bits per heavy atom. The average molecular weight is 456 g/mol. The molecule has 0 radical (unpaired) electrons. The molecule has 0 saturated carbocycles. The Labute approximate surface area is 185 Å². The molecule has 0 bridgehead atoms. The number of hydrogen-bond acceptors (Lipinski definition) is 4. The lowest BCUT2D eigenvalue weighted by Crippen LogP contribution is -2.08. The van der Waals surface area contributed by atoms with Gasteiger partial charge in [-0.1, -0.05) is 54.1 Å². The van der Waals surface area contributed by atoms with E-state index >= 15 is 0 Å². The van der Waals surface area contributed by atoms with Crippen molar-refractivity contribution in [1.29, 1.82) is 5.26 Å². The highest BCUT2D eigenvalue weighted by atomic mass is 35.5. The lowest BCUT2D eigenvalue weighted by Gasteiger charge is -2.13. The largest absolute Gasteiger partial charge is 0.418 e. The Hall–Kier alpha value is -3.34. The summed E-state index contributed by atoms with van der Waals surface area (Å²) in [4.78, 5) is 4.54. The number of allylic oxidation sites excluding steroid dienone is 1. The van der Waals surface area contributed by atoms with Crippen molar-refractivity contribution in [3.05, 3.63) is 87.8 Å².